The molecule has 0 fully saturated rings. The summed E-state index contributed by atoms with van der Waals surface area (Å²) in [6.07, 6.45) is -3.63. The second-order valence-corrected chi connectivity index (χ2v) is 3.71. The lowest BCUT2D eigenvalue weighted by molar-refractivity contribution is -0.184. The van der Waals surface area contributed by atoms with E-state index in [-0.39, 0.29) is 5.56 Å². The van der Waals surface area contributed by atoms with E-state index in [0.29, 0.717) is 12.4 Å². The fourth-order valence-electron chi connectivity index (χ4n) is 1.16. The summed E-state index contributed by atoms with van der Waals surface area (Å²) in [5.41, 5.74) is 1.90. The number of amides is 1. The largest absolute Gasteiger partial charge is 0.494 e. The predicted octanol–water partition coefficient (Wildman–Crippen LogP) is 2.70. The number of nitrogens with one attached hydrogen (secondary N) is 1. The maximum atomic E-state index is 11.8. The van der Waals surface area contributed by atoms with Crippen molar-refractivity contribution in [2.45, 2.75) is 19.5 Å². The monoisotopic (exact) mass is 277 g/mol. The van der Waals surface area contributed by atoms with Gasteiger partial charge in [-0.15, -0.1) is 0 Å². The van der Waals surface area contributed by atoms with Gasteiger partial charge in [-0.2, -0.15) is 13.2 Å². The maximum absolute atomic E-state index is 11.8. The molecule has 0 aliphatic rings. The van der Waals surface area contributed by atoms with E-state index in [1.54, 1.807) is 17.6 Å². The molecule has 1 amide bonds. The Kier molecular flexibility index (Phi) is 5.62. The zero-order valence-corrected chi connectivity index (χ0v) is 10.3. The number of ether oxygens (including phenoxy) is 1. The minimum Gasteiger partial charge on any atom is -0.494 e. The summed E-state index contributed by atoms with van der Waals surface area (Å²) in [6.45, 7) is 0.983. The number of halogens is 3. The summed E-state index contributed by atoms with van der Waals surface area (Å²) in [5, 5.41) is 0. The number of hydroxylamine groups is 1. The predicted molar refractivity (Wildman–Crippen MR) is 61.7 cm³/mol. The molecule has 1 aromatic rings. The molecule has 0 unspecified atom stereocenters. The summed E-state index contributed by atoms with van der Waals surface area (Å²) < 4.78 is 40.7. The molecular formula is C12H14F3NO3. The van der Waals surface area contributed by atoms with E-state index in [1.165, 1.54) is 12.1 Å². The van der Waals surface area contributed by atoms with Gasteiger partial charge in [0.2, 0.25) is 0 Å². The van der Waals surface area contributed by atoms with Crippen LogP contribution in [0.5, 0.6) is 5.75 Å². The summed E-state index contributed by atoms with van der Waals surface area (Å²) in [4.78, 5) is 15.5. The minimum absolute atomic E-state index is 0.186. The Morgan fingerprint density at radius 1 is 1.26 bits per heavy atom. The van der Waals surface area contributed by atoms with Crippen LogP contribution in [0.3, 0.4) is 0 Å². The molecule has 0 atom stereocenters. The van der Waals surface area contributed by atoms with Crippen LogP contribution in [0, 0.1) is 0 Å². The Hall–Kier alpha value is -1.76. The number of hydrogen-bond acceptors (Lipinski definition) is 3. The van der Waals surface area contributed by atoms with Crippen LogP contribution >= 0.6 is 0 Å². The highest BCUT2D eigenvalue weighted by Gasteiger charge is 2.28. The van der Waals surface area contributed by atoms with E-state index >= 15 is 0 Å². The average Bonchev–Trinajstić information content (AvgIpc) is 2.35. The molecule has 1 N–H and O–H groups in total. The van der Waals surface area contributed by atoms with Crippen LogP contribution in [-0.4, -0.2) is 25.3 Å². The quantitative estimate of drug-likeness (QED) is 0.813. The van der Waals surface area contributed by atoms with E-state index in [4.69, 9.17) is 4.74 Å². The Labute approximate surface area is 108 Å². The molecule has 19 heavy (non-hydrogen) atoms. The second-order valence-electron chi connectivity index (χ2n) is 3.71. The molecule has 0 radical (unpaired) electrons. The van der Waals surface area contributed by atoms with Crippen molar-refractivity contribution in [2.24, 2.45) is 0 Å². The normalized spacial score (nSPS) is 11.2. The highest BCUT2D eigenvalue weighted by atomic mass is 19.4. The lowest BCUT2D eigenvalue weighted by atomic mass is 10.2. The number of benzene rings is 1. The van der Waals surface area contributed by atoms with Gasteiger partial charge < -0.3 is 4.74 Å². The molecule has 1 aromatic carbocycles. The van der Waals surface area contributed by atoms with Crippen molar-refractivity contribution >= 4 is 5.91 Å². The number of carbonyl (C=O) groups is 1. The van der Waals surface area contributed by atoms with E-state index < -0.39 is 18.7 Å². The first-order valence-electron chi connectivity index (χ1n) is 5.64. The first-order valence-corrected chi connectivity index (χ1v) is 5.64. The Morgan fingerprint density at radius 3 is 2.42 bits per heavy atom. The van der Waals surface area contributed by atoms with Gasteiger partial charge in [-0.05, 0) is 30.7 Å². The standard InChI is InChI=1S/C12H14F3NO3/c1-2-7-18-10-5-3-9(4-6-10)11(17)16-19-8-12(13,14)15/h3-6H,2,7-8H2,1H3,(H,16,17). The number of rotatable bonds is 6. The molecule has 0 aliphatic heterocycles. The molecule has 0 saturated heterocycles. The summed E-state index contributed by atoms with van der Waals surface area (Å²) in [6, 6.07) is 6.01. The number of alkyl halides is 3. The number of carbonyl (C=O) groups excluding carboxylic acids is 1. The van der Waals surface area contributed by atoms with Gasteiger partial charge in [0.05, 0.1) is 6.61 Å². The van der Waals surface area contributed by atoms with Gasteiger partial charge in [0.25, 0.3) is 5.91 Å². The molecule has 1 rings (SSSR count). The Balaban J connectivity index is 2.44. The highest BCUT2D eigenvalue weighted by molar-refractivity contribution is 5.93. The molecule has 0 saturated carbocycles. The van der Waals surface area contributed by atoms with Crippen molar-refractivity contribution in [1.29, 1.82) is 0 Å². The third kappa shape index (κ3) is 6.10. The zero-order valence-electron chi connectivity index (χ0n) is 10.3. The maximum Gasteiger partial charge on any atom is 0.414 e. The van der Waals surface area contributed by atoms with Crippen LogP contribution in [0.4, 0.5) is 13.2 Å². The summed E-state index contributed by atoms with van der Waals surface area (Å²) in [5.74, 6) is -0.152. The van der Waals surface area contributed by atoms with Gasteiger partial charge in [0, 0.05) is 5.56 Å². The lowest BCUT2D eigenvalue weighted by Crippen LogP contribution is -2.29. The van der Waals surface area contributed by atoms with Crippen LogP contribution in [0.2, 0.25) is 0 Å². The summed E-state index contributed by atoms with van der Waals surface area (Å²) >= 11 is 0. The third-order valence-electron chi connectivity index (χ3n) is 1.99. The van der Waals surface area contributed by atoms with Crippen LogP contribution in [0.1, 0.15) is 23.7 Å². The van der Waals surface area contributed by atoms with Gasteiger partial charge in [0.1, 0.15) is 5.75 Å². The molecular weight excluding hydrogens is 263 g/mol. The van der Waals surface area contributed by atoms with Crippen LogP contribution in [-0.2, 0) is 4.84 Å². The van der Waals surface area contributed by atoms with E-state index in [2.05, 4.69) is 4.84 Å². The first-order chi connectivity index (χ1) is 8.92. The Morgan fingerprint density at radius 2 is 1.89 bits per heavy atom. The first kappa shape index (κ1) is 15.3. The van der Waals surface area contributed by atoms with E-state index in [9.17, 15) is 18.0 Å². The van der Waals surface area contributed by atoms with Crippen LogP contribution < -0.4 is 10.2 Å². The molecule has 4 nitrogen and oxygen atoms in total. The topological polar surface area (TPSA) is 47.6 Å². The molecule has 0 heterocycles. The van der Waals surface area contributed by atoms with E-state index in [1.807, 2.05) is 6.92 Å². The van der Waals surface area contributed by atoms with Crippen molar-refractivity contribution in [3.05, 3.63) is 29.8 Å². The highest BCUT2D eigenvalue weighted by Crippen LogP contribution is 2.14. The van der Waals surface area contributed by atoms with Crippen LogP contribution in [0.15, 0.2) is 24.3 Å². The lowest BCUT2D eigenvalue weighted by Gasteiger charge is -2.09. The van der Waals surface area contributed by atoms with Crippen LogP contribution in [0.25, 0.3) is 0 Å². The number of hydrogen-bond donors (Lipinski definition) is 1. The SMILES string of the molecule is CCCOc1ccc(C(=O)NOCC(F)(F)F)cc1. The van der Waals surface area contributed by atoms with Crippen molar-refractivity contribution in [2.75, 3.05) is 13.2 Å². The van der Waals surface area contributed by atoms with Gasteiger partial charge in [-0.3, -0.25) is 9.63 Å². The molecule has 7 heteroatoms. The smallest absolute Gasteiger partial charge is 0.414 e. The molecule has 106 valence electrons. The van der Waals surface area contributed by atoms with Crippen molar-refractivity contribution in [3.8, 4) is 5.75 Å². The fourth-order valence-corrected chi connectivity index (χ4v) is 1.16. The fraction of sp³-hybridized carbons (Fsp3) is 0.417. The third-order valence-corrected chi connectivity index (χ3v) is 1.99. The molecule has 0 spiro atoms. The van der Waals surface area contributed by atoms with Crippen molar-refractivity contribution < 1.29 is 27.5 Å². The second kappa shape index (κ2) is 6.98. The molecule has 0 aliphatic carbocycles. The van der Waals surface area contributed by atoms with Gasteiger partial charge in [0.15, 0.2) is 6.61 Å². The molecule has 0 aromatic heterocycles. The van der Waals surface area contributed by atoms with Crippen molar-refractivity contribution in [1.82, 2.24) is 5.48 Å². The molecule has 0 bridgehead atoms. The van der Waals surface area contributed by atoms with Gasteiger partial charge in [-0.25, -0.2) is 5.48 Å². The van der Waals surface area contributed by atoms with Crippen molar-refractivity contribution in [3.63, 3.8) is 0 Å². The zero-order chi connectivity index (χ0) is 14.3. The van der Waals surface area contributed by atoms with Gasteiger partial charge >= 0.3 is 6.18 Å². The van der Waals surface area contributed by atoms with Gasteiger partial charge in [-0.1, -0.05) is 6.92 Å². The summed E-state index contributed by atoms with van der Waals surface area (Å²) in [7, 11) is 0. The Bertz CT molecular complexity index is 404. The van der Waals surface area contributed by atoms with E-state index in [0.717, 1.165) is 6.42 Å². The average molecular weight is 277 g/mol. The minimum atomic E-state index is -4.48.